The van der Waals surface area contributed by atoms with E-state index in [0.717, 1.165) is 5.56 Å². The number of nitrogens with one attached hydrogen (secondary N) is 2. The van der Waals surface area contributed by atoms with Crippen molar-refractivity contribution in [2.45, 2.75) is 84.8 Å². The van der Waals surface area contributed by atoms with Gasteiger partial charge in [0.05, 0.1) is 24.3 Å². The summed E-state index contributed by atoms with van der Waals surface area (Å²) < 4.78 is 10.5. The van der Waals surface area contributed by atoms with E-state index in [2.05, 4.69) is 30.6 Å². The number of aromatic nitrogens is 3. The van der Waals surface area contributed by atoms with Crippen molar-refractivity contribution in [3.63, 3.8) is 0 Å². The summed E-state index contributed by atoms with van der Waals surface area (Å²) >= 11 is 0. The molecule has 0 radical (unpaired) electrons. The summed E-state index contributed by atoms with van der Waals surface area (Å²) in [5.74, 6) is -1.86. The number of nitrogens with zero attached hydrogens (tertiary/aromatic N) is 4. The van der Waals surface area contributed by atoms with Gasteiger partial charge >= 0.3 is 6.09 Å². The van der Waals surface area contributed by atoms with Gasteiger partial charge in [0, 0.05) is 12.7 Å². The Morgan fingerprint density at radius 3 is 2.30 bits per heavy atom. The molecule has 1 aliphatic heterocycles. The number of carbonyl (C=O) groups is 4. The van der Waals surface area contributed by atoms with Gasteiger partial charge < -0.3 is 24.7 Å². The molecule has 12 nitrogen and oxygen atoms in total. The predicted octanol–water partition coefficient (Wildman–Crippen LogP) is 2.79. The minimum absolute atomic E-state index is 0.212. The van der Waals surface area contributed by atoms with Crippen LogP contribution in [-0.4, -0.2) is 75.6 Å². The maximum Gasteiger partial charge on any atom is 0.407 e. The minimum atomic E-state index is -0.951. The van der Waals surface area contributed by atoms with E-state index >= 15 is 0 Å². The number of likely N-dealkylation sites (tertiary alicyclic amines) is 1. The number of alkyl carbamates (subject to hydrolysis) is 1. The summed E-state index contributed by atoms with van der Waals surface area (Å²) in [5, 5.41) is 13.5. The van der Waals surface area contributed by atoms with E-state index in [1.54, 1.807) is 33.9 Å². The second kappa shape index (κ2) is 12.6. The number of carbonyl (C=O) groups excluding carboxylic acids is 4. The SMILES string of the molecule is COC(=O)N[C@H](C(=O)N1CCC[C@H]1C(=O)N[C@@H](C(=O)c1nnc(C(C)(C)c2ccc(C)cn2)o1)C(C)C)C(C)C. The van der Waals surface area contributed by atoms with Crippen LogP contribution in [0.2, 0.25) is 0 Å². The number of aryl methyl sites for hydroxylation is 1. The fraction of sp³-hybridized carbons (Fsp3) is 0.607. The standard InChI is InChI=1S/C28H40N6O6/c1-15(2)20(22(35)24-32-33-26(40-24)28(6,7)19-12-11-17(5)14-29-19)30-23(36)18-10-9-13-34(18)25(37)21(16(3)4)31-27(38)39-8/h11-12,14-16,18,20-21H,9-10,13H2,1-8H3,(H,30,36)(H,31,38)/t18-,20+,21-/m0/s1. The smallest absolute Gasteiger partial charge is 0.407 e. The highest BCUT2D eigenvalue weighted by atomic mass is 16.5. The summed E-state index contributed by atoms with van der Waals surface area (Å²) in [6, 6.07) is 1.21. The normalized spacial score (nSPS) is 17.1. The van der Waals surface area contributed by atoms with Crippen LogP contribution in [0.3, 0.4) is 0 Å². The van der Waals surface area contributed by atoms with Crippen LogP contribution in [-0.2, 0) is 19.7 Å². The fourth-order valence-electron chi connectivity index (χ4n) is 4.62. The van der Waals surface area contributed by atoms with Gasteiger partial charge in [-0.1, -0.05) is 33.8 Å². The second-order valence-corrected chi connectivity index (χ2v) is 11.4. The third kappa shape index (κ3) is 6.65. The maximum absolute atomic E-state index is 13.5. The molecular weight excluding hydrogens is 516 g/mol. The van der Waals surface area contributed by atoms with Crippen molar-refractivity contribution in [2.24, 2.45) is 11.8 Å². The lowest BCUT2D eigenvalue weighted by atomic mass is 9.88. The van der Waals surface area contributed by atoms with Crippen molar-refractivity contribution in [3.8, 4) is 0 Å². The van der Waals surface area contributed by atoms with Crippen molar-refractivity contribution >= 4 is 23.7 Å². The summed E-state index contributed by atoms with van der Waals surface area (Å²) in [6.45, 7) is 13.2. The van der Waals surface area contributed by atoms with Crippen LogP contribution in [0.1, 0.15) is 82.2 Å². The van der Waals surface area contributed by atoms with Crippen LogP contribution in [0.4, 0.5) is 4.79 Å². The summed E-state index contributed by atoms with van der Waals surface area (Å²) in [7, 11) is 1.22. The average molecular weight is 557 g/mol. The molecular formula is C28H40N6O6. The lowest BCUT2D eigenvalue weighted by Crippen LogP contribution is -2.57. The Labute approximate surface area is 234 Å². The summed E-state index contributed by atoms with van der Waals surface area (Å²) in [4.78, 5) is 57.9. The highest BCUT2D eigenvalue weighted by Gasteiger charge is 2.41. The van der Waals surface area contributed by atoms with Gasteiger partial charge in [-0.15, -0.1) is 10.2 Å². The molecule has 0 bridgehead atoms. The first kappa shape index (κ1) is 30.7. The number of hydrogen-bond acceptors (Lipinski definition) is 9. The van der Waals surface area contributed by atoms with Gasteiger partial charge in [0.1, 0.15) is 12.1 Å². The molecule has 40 heavy (non-hydrogen) atoms. The Hall–Kier alpha value is -3.83. The molecule has 2 aromatic heterocycles. The minimum Gasteiger partial charge on any atom is -0.453 e. The molecule has 2 N–H and O–H groups in total. The molecule has 0 unspecified atom stereocenters. The van der Waals surface area contributed by atoms with Crippen LogP contribution in [0.25, 0.3) is 0 Å². The predicted molar refractivity (Wildman–Crippen MR) is 145 cm³/mol. The Balaban J connectivity index is 1.77. The first-order valence-corrected chi connectivity index (χ1v) is 13.5. The third-order valence-electron chi connectivity index (χ3n) is 7.20. The monoisotopic (exact) mass is 556 g/mol. The van der Waals surface area contributed by atoms with Crippen molar-refractivity contribution in [2.75, 3.05) is 13.7 Å². The Morgan fingerprint density at radius 1 is 1.05 bits per heavy atom. The van der Waals surface area contributed by atoms with E-state index < -0.39 is 41.3 Å². The quantitative estimate of drug-likeness (QED) is 0.420. The molecule has 0 aliphatic carbocycles. The Kier molecular flexibility index (Phi) is 9.65. The van der Waals surface area contributed by atoms with Crippen LogP contribution < -0.4 is 10.6 Å². The van der Waals surface area contributed by atoms with Crippen molar-refractivity contribution in [3.05, 3.63) is 41.4 Å². The average Bonchev–Trinajstić information content (AvgIpc) is 3.60. The summed E-state index contributed by atoms with van der Waals surface area (Å²) in [5.41, 5.74) is 0.978. The second-order valence-electron chi connectivity index (χ2n) is 11.4. The molecule has 0 aromatic carbocycles. The van der Waals surface area contributed by atoms with E-state index in [1.165, 1.54) is 12.0 Å². The number of pyridine rings is 1. The zero-order chi connectivity index (χ0) is 29.8. The number of ketones is 1. The first-order chi connectivity index (χ1) is 18.8. The molecule has 3 rings (SSSR count). The Bertz CT molecular complexity index is 1220. The molecule has 0 saturated carbocycles. The highest BCUT2D eigenvalue weighted by Crippen LogP contribution is 2.29. The van der Waals surface area contributed by atoms with Crippen LogP contribution in [0.5, 0.6) is 0 Å². The molecule has 3 heterocycles. The van der Waals surface area contributed by atoms with Crippen molar-refractivity contribution in [1.29, 1.82) is 0 Å². The molecule has 3 atom stereocenters. The van der Waals surface area contributed by atoms with Crippen molar-refractivity contribution < 1.29 is 28.3 Å². The van der Waals surface area contributed by atoms with Crippen molar-refractivity contribution in [1.82, 2.24) is 30.7 Å². The lowest BCUT2D eigenvalue weighted by molar-refractivity contribution is -0.141. The van der Waals surface area contributed by atoms with Gasteiger partial charge in [-0.25, -0.2) is 4.79 Å². The Morgan fingerprint density at radius 2 is 1.73 bits per heavy atom. The number of hydrogen-bond donors (Lipinski definition) is 2. The van der Waals surface area contributed by atoms with E-state index in [0.29, 0.717) is 25.1 Å². The van der Waals surface area contributed by atoms with Gasteiger partial charge in [0.2, 0.25) is 23.5 Å². The summed E-state index contributed by atoms with van der Waals surface area (Å²) in [6.07, 6.45) is 2.07. The van der Waals surface area contributed by atoms with Gasteiger partial charge in [0.25, 0.3) is 5.89 Å². The van der Waals surface area contributed by atoms with Crippen LogP contribution in [0, 0.1) is 18.8 Å². The molecule has 2 aromatic rings. The van der Waals surface area contributed by atoms with E-state index in [9.17, 15) is 19.2 Å². The first-order valence-electron chi connectivity index (χ1n) is 13.5. The number of rotatable bonds is 10. The fourth-order valence-corrected chi connectivity index (χ4v) is 4.62. The lowest BCUT2D eigenvalue weighted by Gasteiger charge is -2.31. The molecule has 12 heteroatoms. The van der Waals surface area contributed by atoms with E-state index in [-0.39, 0.29) is 29.5 Å². The van der Waals surface area contributed by atoms with Crippen LogP contribution in [0.15, 0.2) is 22.7 Å². The molecule has 1 saturated heterocycles. The van der Waals surface area contributed by atoms with Gasteiger partial charge in [-0.3, -0.25) is 19.4 Å². The zero-order valence-corrected chi connectivity index (χ0v) is 24.5. The van der Waals surface area contributed by atoms with Crippen LogP contribution >= 0.6 is 0 Å². The molecule has 0 spiro atoms. The zero-order valence-electron chi connectivity index (χ0n) is 24.5. The largest absolute Gasteiger partial charge is 0.453 e. The number of Topliss-reactive ketones (excluding diaryl/α,β-unsaturated/α-hetero) is 1. The topological polar surface area (TPSA) is 157 Å². The molecule has 218 valence electrons. The van der Waals surface area contributed by atoms with E-state index in [1.807, 2.05) is 32.9 Å². The maximum atomic E-state index is 13.5. The van der Waals surface area contributed by atoms with Gasteiger partial charge in [0.15, 0.2) is 0 Å². The number of methoxy groups -OCH3 is 1. The third-order valence-corrected chi connectivity index (χ3v) is 7.20. The van der Waals surface area contributed by atoms with Gasteiger partial charge in [-0.05, 0) is 57.1 Å². The highest BCUT2D eigenvalue weighted by molar-refractivity contribution is 6.00. The molecule has 1 fully saturated rings. The van der Waals surface area contributed by atoms with E-state index in [4.69, 9.17) is 4.42 Å². The molecule has 1 aliphatic rings. The number of amides is 3. The van der Waals surface area contributed by atoms with Gasteiger partial charge in [-0.2, -0.15) is 0 Å². The molecule has 3 amide bonds. The number of ether oxygens (including phenoxy) is 1.